The molecule has 0 radical (unpaired) electrons. The highest BCUT2D eigenvalue weighted by atomic mass is 32.2. The monoisotopic (exact) mass is 431 g/mol. The molecule has 4 aromatic rings. The molecule has 4 rings (SSSR count). The molecule has 0 fully saturated rings. The molecule has 0 saturated carbocycles. The number of hydrogen-bond acceptors (Lipinski definition) is 6. The molecule has 0 aliphatic carbocycles. The van der Waals surface area contributed by atoms with Gasteiger partial charge < -0.3 is 10.1 Å². The van der Waals surface area contributed by atoms with Gasteiger partial charge in [0.2, 0.25) is 5.16 Å². The number of benzene rings is 3. The zero-order chi connectivity index (χ0) is 21.5. The Kier molecular flexibility index (Phi) is 6.59. The van der Waals surface area contributed by atoms with Crippen LogP contribution in [0.5, 0.6) is 5.75 Å². The minimum Gasteiger partial charge on any atom is -0.492 e. The van der Waals surface area contributed by atoms with Gasteiger partial charge in [-0.05, 0) is 59.3 Å². The Morgan fingerprint density at radius 2 is 1.74 bits per heavy atom. The van der Waals surface area contributed by atoms with Gasteiger partial charge in [0.05, 0.1) is 6.61 Å². The predicted octanol–water partition coefficient (Wildman–Crippen LogP) is 4.61. The first-order valence-electron chi connectivity index (χ1n) is 9.83. The zero-order valence-corrected chi connectivity index (χ0v) is 17.7. The van der Waals surface area contributed by atoms with Crippen molar-refractivity contribution in [3.63, 3.8) is 0 Å². The van der Waals surface area contributed by atoms with Crippen molar-refractivity contribution in [2.75, 3.05) is 11.9 Å². The van der Waals surface area contributed by atoms with E-state index in [1.807, 2.05) is 85.8 Å². The molecule has 0 aliphatic heterocycles. The van der Waals surface area contributed by atoms with Crippen LogP contribution in [0.25, 0.3) is 5.69 Å². The number of ether oxygens (including phenoxy) is 1. The van der Waals surface area contributed by atoms with Crippen molar-refractivity contribution in [2.24, 2.45) is 0 Å². The third-order valence-corrected chi connectivity index (χ3v) is 5.44. The summed E-state index contributed by atoms with van der Waals surface area (Å²) in [4.78, 5) is 12.4. The van der Waals surface area contributed by atoms with Gasteiger partial charge in [-0.1, -0.05) is 54.2 Å². The van der Waals surface area contributed by atoms with Crippen LogP contribution in [0.3, 0.4) is 0 Å². The molecule has 1 N–H and O–H groups in total. The number of nitrogens with zero attached hydrogens (tertiary/aromatic N) is 4. The van der Waals surface area contributed by atoms with Gasteiger partial charge in [-0.25, -0.2) is 0 Å². The van der Waals surface area contributed by atoms with E-state index in [1.165, 1.54) is 11.8 Å². The number of carbonyl (C=O) groups is 1. The quantitative estimate of drug-likeness (QED) is 0.411. The van der Waals surface area contributed by atoms with Crippen molar-refractivity contribution in [1.29, 1.82) is 0 Å². The van der Waals surface area contributed by atoms with Crippen LogP contribution in [-0.4, -0.2) is 32.7 Å². The molecule has 8 heteroatoms. The first-order chi connectivity index (χ1) is 15.2. The number of aromatic nitrogens is 4. The van der Waals surface area contributed by atoms with Crippen molar-refractivity contribution in [2.45, 2.75) is 17.8 Å². The summed E-state index contributed by atoms with van der Waals surface area (Å²) in [6.07, 6.45) is 0. The van der Waals surface area contributed by atoms with Crippen molar-refractivity contribution < 1.29 is 9.53 Å². The van der Waals surface area contributed by atoms with E-state index in [0.717, 1.165) is 22.7 Å². The Morgan fingerprint density at radius 1 is 1.00 bits per heavy atom. The van der Waals surface area contributed by atoms with Crippen LogP contribution in [0.2, 0.25) is 0 Å². The van der Waals surface area contributed by atoms with Gasteiger partial charge >= 0.3 is 0 Å². The van der Waals surface area contributed by atoms with E-state index in [1.54, 1.807) is 4.68 Å². The van der Waals surface area contributed by atoms with E-state index in [2.05, 4.69) is 20.8 Å². The molecular formula is C23H21N5O2S. The normalized spacial score (nSPS) is 10.6. The lowest BCUT2D eigenvalue weighted by molar-refractivity contribution is 0.102. The van der Waals surface area contributed by atoms with E-state index in [0.29, 0.717) is 23.1 Å². The molecule has 1 amide bonds. The molecule has 0 aliphatic rings. The van der Waals surface area contributed by atoms with Crippen molar-refractivity contribution in [3.05, 3.63) is 90.0 Å². The third kappa shape index (κ3) is 5.10. The number of amides is 1. The molecule has 0 atom stereocenters. The maximum absolute atomic E-state index is 12.4. The summed E-state index contributed by atoms with van der Waals surface area (Å²) in [6, 6.07) is 24.6. The van der Waals surface area contributed by atoms with Gasteiger partial charge in [0.1, 0.15) is 11.4 Å². The summed E-state index contributed by atoms with van der Waals surface area (Å²) in [5.74, 6) is 1.26. The maximum Gasteiger partial charge on any atom is 0.255 e. The molecule has 0 spiro atoms. The SMILES string of the molecule is CCOc1ccccc1-n1nnnc1SCc1ccc(C(=O)Nc2ccccc2)cc1. The standard InChI is InChI=1S/C23H21N5O2S/c1-2-30-21-11-7-6-10-20(21)28-23(25-26-27-28)31-16-17-12-14-18(15-13-17)22(29)24-19-8-4-3-5-9-19/h3-15H,2,16H2,1H3,(H,24,29). The average molecular weight is 432 g/mol. The summed E-state index contributed by atoms with van der Waals surface area (Å²) < 4.78 is 7.37. The number of carbonyl (C=O) groups excluding carboxylic acids is 1. The highest BCUT2D eigenvalue weighted by molar-refractivity contribution is 7.98. The maximum atomic E-state index is 12.4. The van der Waals surface area contributed by atoms with Gasteiger partial charge in [0.25, 0.3) is 5.91 Å². The second-order valence-corrected chi connectivity index (χ2v) is 7.52. The Bertz CT molecular complexity index is 1150. The smallest absolute Gasteiger partial charge is 0.255 e. The summed E-state index contributed by atoms with van der Waals surface area (Å²) >= 11 is 1.52. The van der Waals surface area contributed by atoms with Crippen LogP contribution in [0.15, 0.2) is 84.0 Å². The number of tetrazole rings is 1. The number of nitrogens with one attached hydrogen (secondary N) is 1. The van der Waals surface area contributed by atoms with Gasteiger partial charge in [-0.15, -0.1) is 5.10 Å². The van der Waals surface area contributed by atoms with Crippen LogP contribution in [0.1, 0.15) is 22.8 Å². The first kappa shape index (κ1) is 20.6. The van der Waals surface area contributed by atoms with Crippen molar-refractivity contribution in [1.82, 2.24) is 20.2 Å². The fourth-order valence-electron chi connectivity index (χ4n) is 2.95. The fraction of sp³-hybridized carbons (Fsp3) is 0.130. The first-order valence-corrected chi connectivity index (χ1v) is 10.8. The summed E-state index contributed by atoms with van der Waals surface area (Å²) in [5, 5.41) is 15.6. The minimum absolute atomic E-state index is 0.137. The zero-order valence-electron chi connectivity index (χ0n) is 16.9. The number of para-hydroxylation sites is 3. The lowest BCUT2D eigenvalue weighted by atomic mass is 10.1. The highest BCUT2D eigenvalue weighted by Crippen LogP contribution is 2.27. The van der Waals surface area contributed by atoms with Crippen LogP contribution in [0, 0.1) is 0 Å². The van der Waals surface area contributed by atoms with E-state index < -0.39 is 0 Å². The van der Waals surface area contributed by atoms with Gasteiger partial charge in [0.15, 0.2) is 0 Å². The lowest BCUT2D eigenvalue weighted by Crippen LogP contribution is -2.11. The summed E-state index contributed by atoms with van der Waals surface area (Å²) in [6.45, 7) is 2.50. The van der Waals surface area contributed by atoms with Gasteiger partial charge in [-0.2, -0.15) is 4.68 Å². The second-order valence-electron chi connectivity index (χ2n) is 6.58. The molecule has 156 valence electrons. The summed E-state index contributed by atoms with van der Waals surface area (Å²) in [5.41, 5.74) is 3.23. The number of thioether (sulfide) groups is 1. The van der Waals surface area contributed by atoms with Crippen molar-refractivity contribution in [3.8, 4) is 11.4 Å². The summed E-state index contributed by atoms with van der Waals surface area (Å²) in [7, 11) is 0. The average Bonchev–Trinajstić information content (AvgIpc) is 3.28. The molecular weight excluding hydrogens is 410 g/mol. The second kappa shape index (κ2) is 9.90. The number of hydrogen-bond donors (Lipinski definition) is 1. The van der Waals surface area contributed by atoms with Gasteiger partial charge in [0, 0.05) is 17.0 Å². The molecule has 3 aromatic carbocycles. The third-order valence-electron chi connectivity index (χ3n) is 4.45. The Balaban J connectivity index is 1.42. The van der Waals surface area contributed by atoms with E-state index in [9.17, 15) is 4.79 Å². The van der Waals surface area contributed by atoms with Crippen LogP contribution < -0.4 is 10.1 Å². The Morgan fingerprint density at radius 3 is 2.52 bits per heavy atom. The van der Waals surface area contributed by atoms with E-state index in [-0.39, 0.29) is 5.91 Å². The number of rotatable bonds is 8. The Hall–Kier alpha value is -3.65. The number of anilines is 1. The topological polar surface area (TPSA) is 81.9 Å². The van der Waals surface area contributed by atoms with Crippen LogP contribution in [-0.2, 0) is 5.75 Å². The lowest BCUT2D eigenvalue weighted by Gasteiger charge is -2.10. The highest BCUT2D eigenvalue weighted by Gasteiger charge is 2.13. The van der Waals surface area contributed by atoms with Crippen LogP contribution in [0.4, 0.5) is 5.69 Å². The Labute approximate surface area is 184 Å². The minimum atomic E-state index is -0.137. The molecule has 0 bridgehead atoms. The van der Waals surface area contributed by atoms with Crippen molar-refractivity contribution >= 4 is 23.4 Å². The van der Waals surface area contributed by atoms with Crippen LogP contribution >= 0.6 is 11.8 Å². The molecule has 7 nitrogen and oxygen atoms in total. The largest absolute Gasteiger partial charge is 0.492 e. The molecule has 31 heavy (non-hydrogen) atoms. The van der Waals surface area contributed by atoms with Gasteiger partial charge in [-0.3, -0.25) is 4.79 Å². The predicted molar refractivity (Wildman–Crippen MR) is 121 cm³/mol. The molecule has 1 aromatic heterocycles. The molecule has 1 heterocycles. The molecule has 0 saturated heterocycles. The van der Waals surface area contributed by atoms with E-state index in [4.69, 9.17) is 4.74 Å². The molecule has 0 unspecified atom stereocenters. The fourth-order valence-corrected chi connectivity index (χ4v) is 3.79. The van der Waals surface area contributed by atoms with E-state index >= 15 is 0 Å².